The van der Waals surface area contributed by atoms with E-state index < -0.39 is 11.6 Å². The van der Waals surface area contributed by atoms with Crippen molar-refractivity contribution in [3.05, 3.63) is 58.3 Å². The third kappa shape index (κ3) is 2.50. The van der Waals surface area contributed by atoms with E-state index in [4.69, 9.17) is 0 Å². The van der Waals surface area contributed by atoms with Crippen LogP contribution >= 0.6 is 15.9 Å². The third-order valence-electron chi connectivity index (χ3n) is 4.06. The van der Waals surface area contributed by atoms with Crippen molar-refractivity contribution in [3.63, 3.8) is 0 Å². The number of nitrogens with one attached hydrogen (secondary N) is 1. The summed E-state index contributed by atoms with van der Waals surface area (Å²) in [5.74, 6) is -0.0329. The molecule has 0 saturated carbocycles. The Balaban J connectivity index is 2.12. The molecular formula is C17H18BrN3O. The highest BCUT2D eigenvalue weighted by molar-refractivity contribution is 9.10. The second kappa shape index (κ2) is 5.39. The number of pyridine rings is 1. The minimum absolute atomic E-state index is 0.0329. The van der Waals surface area contributed by atoms with Crippen molar-refractivity contribution in [3.8, 4) is 0 Å². The van der Waals surface area contributed by atoms with Crippen LogP contribution in [0.2, 0.25) is 0 Å². The van der Waals surface area contributed by atoms with Crippen LogP contribution in [-0.4, -0.2) is 17.9 Å². The van der Waals surface area contributed by atoms with Crippen molar-refractivity contribution in [2.75, 3.05) is 11.9 Å². The maximum atomic E-state index is 12.7. The zero-order valence-electron chi connectivity index (χ0n) is 12.8. The van der Waals surface area contributed by atoms with Gasteiger partial charge in [0.2, 0.25) is 5.91 Å². The highest BCUT2D eigenvalue weighted by atomic mass is 79.9. The Bertz CT molecular complexity index is 715. The number of amides is 1. The minimum Gasteiger partial charge on any atom is -0.358 e. The van der Waals surface area contributed by atoms with Crippen molar-refractivity contribution < 1.29 is 4.79 Å². The maximum Gasteiger partial charge on any atom is 0.249 e. The van der Waals surface area contributed by atoms with Crippen LogP contribution in [0.3, 0.4) is 0 Å². The van der Waals surface area contributed by atoms with Crippen LogP contribution in [0, 0.1) is 0 Å². The van der Waals surface area contributed by atoms with Crippen molar-refractivity contribution in [2.45, 2.75) is 25.4 Å². The van der Waals surface area contributed by atoms with Gasteiger partial charge in [0.25, 0.3) is 0 Å². The Kier molecular flexibility index (Phi) is 3.68. The highest BCUT2D eigenvalue weighted by Crippen LogP contribution is 2.37. The summed E-state index contributed by atoms with van der Waals surface area (Å²) < 4.78 is 0.739. The maximum absolute atomic E-state index is 12.7. The normalized spacial score (nSPS) is 19.3. The van der Waals surface area contributed by atoms with Gasteiger partial charge in [0, 0.05) is 18.3 Å². The number of likely N-dealkylation sites (N-methyl/N-ethyl adjacent to an activating group) is 1. The van der Waals surface area contributed by atoms with E-state index in [1.165, 1.54) is 0 Å². The van der Waals surface area contributed by atoms with Crippen molar-refractivity contribution >= 4 is 27.5 Å². The number of fused-ring (bicyclic) bond motifs is 1. The van der Waals surface area contributed by atoms with Gasteiger partial charge in [-0.3, -0.25) is 4.79 Å². The number of hydrogen-bond acceptors (Lipinski definition) is 3. The summed E-state index contributed by atoms with van der Waals surface area (Å²) in [6.45, 7) is 4.00. The Labute approximate surface area is 138 Å². The summed E-state index contributed by atoms with van der Waals surface area (Å²) >= 11 is 3.42. The molecule has 0 bridgehead atoms. The smallest absolute Gasteiger partial charge is 0.249 e. The van der Waals surface area contributed by atoms with Crippen LogP contribution in [0.15, 0.2) is 47.1 Å². The molecule has 1 N–H and O–H groups in total. The first-order valence-electron chi connectivity index (χ1n) is 7.17. The zero-order valence-corrected chi connectivity index (χ0v) is 14.4. The molecule has 5 heteroatoms. The molecule has 0 saturated heterocycles. The highest BCUT2D eigenvalue weighted by Gasteiger charge is 2.41. The van der Waals surface area contributed by atoms with E-state index >= 15 is 0 Å². The van der Waals surface area contributed by atoms with Gasteiger partial charge in [0.15, 0.2) is 6.04 Å². The van der Waals surface area contributed by atoms with Gasteiger partial charge in [0.1, 0.15) is 4.60 Å². The van der Waals surface area contributed by atoms with Gasteiger partial charge in [-0.15, -0.1) is 0 Å². The molecule has 0 fully saturated rings. The molecule has 2 heterocycles. The largest absolute Gasteiger partial charge is 0.358 e. The lowest BCUT2D eigenvalue weighted by Crippen LogP contribution is -2.52. The molecule has 114 valence electrons. The van der Waals surface area contributed by atoms with Crippen LogP contribution in [0.4, 0.5) is 5.69 Å². The van der Waals surface area contributed by atoms with E-state index in [2.05, 4.69) is 26.2 Å². The predicted octanol–water partition coefficient (Wildman–Crippen LogP) is 3.39. The molecule has 1 unspecified atom stereocenters. The monoisotopic (exact) mass is 359 g/mol. The number of halogens is 1. The number of para-hydroxylation sites is 1. The number of carbonyl (C=O) groups excluding carboxylic acids is 1. The zero-order chi connectivity index (χ0) is 15.9. The summed E-state index contributed by atoms with van der Waals surface area (Å²) in [4.78, 5) is 19.3. The fourth-order valence-corrected chi connectivity index (χ4v) is 3.25. The van der Waals surface area contributed by atoms with Crippen LogP contribution in [0.25, 0.3) is 0 Å². The van der Waals surface area contributed by atoms with Gasteiger partial charge in [-0.1, -0.05) is 24.3 Å². The first-order chi connectivity index (χ1) is 10.4. The number of hydrogen-bond donors (Lipinski definition) is 1. The number of rotatable bonds is 2. The van der Waals surface area contributed by atoms with Crippen molar-refractivity contribution in [2.24, 2.45) is 0 Å². The Hall–Kier alpha value is -1.88. The van der Waals surface area contributed by atoms with Gasteiger partial charge in [-0.05, 0) is 48.0 Å². The molecule has 2 aromatic rings. The fourth-order valence-electron chi connectivity index (χ4n) is 2.93. The summed E-state index contributed by atoms with van der Waals surface area (Å²) in [5.41, 5.74) is 2.40. The van der Waals surface area contributed by atoms with Gasteiger partial charge in [-0.2, -0.15) is 0 Å². The fraction of sp³-hybridized carbons (Fsp3) is 0.294. The molecule has 22 heavy (non-hydrogen) atoms. The quantitative estimate of drug-likeness (QED) is 0.836. The van der Waals surface area contributed by atoms with E-state index in [9.17, 15) is 4.79 Å². The van der Waals surface area contributed by atoms with E-state index in [1.807, 2.05) is 68.3 Å². The molecule has 0 radical (unpaired) electrons. The van der Waals surface area contributed by atoms with Crippen LogP contribution in [0.1, 0.15) is 31.1 Å². The van der Waals surface area contributed by atoms with Gasteiger partial charge in [-0.25, -0.2) is 4.98 Å². The Morgan fingerprint density at radius 3 is 2.55 bits per heavy atom. The summed E-state index contributed by atoms with van der Waals surface area (Å²) in [6.07, 6.45) is 0. The van der Waals surface area contributed by atoms with Gasteiger partial charge >= 0.3 is 0 Å². The first-order valence-corrected chi connectivity index (χ1v) is 7.96. The molecule has 1 amide bonds. The molecule has 1 aromatic heterocycles. The van der Waals surface area contributed by atoms with E-state index in [-0.39, 0.29) is 5.91 Å². The second-order valence-electron chi connectivity index (χ2n) is 6.03. The Morgan fingerprint density at radius 1 is 1.18 bits per heavy atom. The number of aromatic nitrogens is 1. The lowest BCUT2D eigenvalue weighted by atomic mass is 9.85. The van der Waals surface area contributed by atoms with Gasteiger partial charge < -0.3 is 10.2 Å². The summed E-state index contributed by atoms with van der Waals surface area (Å²) in [7, 11) is 1.92. The third-order valence-corrected chi connectivity index (χ3v) is 4.50. The molecule has 1 aliphatic rings. The van der Waals surface area contributed by atoms with Crippen LogP contribution < -0.4 is 10.2 Å². The number of carbonyl (C=O) groups is 1. The van der Waals surface area contributed by atoms with E-state index in [0.717, 1.165) is 21.5 Å². The average Bonchev–Trinajstić information content (AvgIpc) is 2.46. The average molecular weight is 360 g/mol. The molecule has 0 spiro atoms. The van der Waals surface area contributed by atoms with Crippen molar-refractivity contribution in [1.82, 2.24) is 10.3 Å². The summed E-state index contributed by atoms with van der Waals surface area (Å²) in [6, 6.07) is 13.4. The molecule has 1 atom stereocenters. The standard InChI is InChI=1S/C17H18BrN3O/c1-17(2)12-9-10-13(18)19-14(12)15(16(22)20-17)21(3)11-7-5-4-6-8-11/h4-10,15H,1-3H3,(H,20,22). The van der Waals surface area contributed by atoms with Crippen LogP contribution in [-0.2, 0) is 10.3 Å². The first kappa shape index (κ1) is 15.0. The minimum atomic E-state index is -0.442. The number of nitrogens with zero attached hydrogens (tertiary/aromatic N) is 2. The van der Waals surface area contributed by atoms with E-state index in [1.54, 1.807) is 0 Å². The van der Waals surface area contributed by atoms with Gasteiger partial charge in [0.05, 0.1) is 11.2 Å². The molecule has 3 rings (SSSR count). The lowest BCUT2D eigenvalue weighted by Gasteiger charge is -2.40. The topological polar surface area (TPSA) is 45.2 Å². The molecular weight excluding hydrogens is 342 g/mol. The van der Waals surface area contributed by atoms with Crippen molar-refractivity contribution in [1.29, 1.82) is 0 Å². The molecule has 0 aliphatic carbocycles. The predicted molar refractivity (Wildman–Crippen MR) is 90.7 cm³/mol. The second-order valence-corrected chi connectivity index (χ2v) is 6.84. The lowest BCUT2D eigenvalue weighted by molar-refractivity contribution is -0.125. The summed E-state index contributed by atoms with van der Waals surface area (Å²) in [5, 5.41) is 3.10. The SMILES string of the molecule is CN(c1ccccc1)C1C(=O)NC(C)(C)c2ccc(Br)nc21. The molecule has 1 aromatic carbocycles. The molecule has 1 aliphatic heterocycles. The molecule has 4 nitrogen and oxygen atoms in total. The van der Waals surface area contributed by atoms with E-state index in [0.29, 0.717) is 0 Å². The van der Waals surface area contributed by atoms with Crippen LogP contribution in [0.5, 0.6) is 0 Å². The number of anilines is 1. The Morgan fingerprint density at radius 2 is 1.86 bits per heavy atom. The number of benzene rings is 1.